The Balaban J connectivity index is 1.73. The molecule has 0 unspecified atom stereocenters. The standard InChI is InChI=1S/C25H25N5O5/c1-15-11-16(2)29(28-15)14-23(31)27-26-13-20-18-7-5-6-8-19(18)24(32)30(25(20)33)17-9-10-21(34-3)22(12-17)35-4/h5-13,33H,14H2,1-4H3,(H,27,31)/b26-13-. The van der Waals surface area contributed by atoms with Crippen molar-refractivity contribution in [3.05, 3.63) is 75.8 Å². The van der Waals surface area contributed by atoms with Gasteiger partial charge in [0.25, 0.3) is 11.5 Å². The van der Waals surface area contributed by atoms with Gasteiger partial charge in [0.15, 0.2) is 11.5 Å². The minimum atomic E-state index is -0.420. The van der Waals surface area contributed by atoms with Gasteiger partial charge < -0.3 is 14.6 Å². The van der Waals surface area contributed by atoms with E-state index < -0.39 is 5.56 Å². The van der Waals surface area contributed by atoms with Crippen molar-refractivity contribution in [3.8, 4) is 23.1 Å². The Labute approximate surface area is 201 Å². The average Bonchev–Trinajstić information content (AvgIpc) is 3.17. The molecule has 10 heteroatoms. The summed E-state index contributed by atoms with van der Waals surface area (Å²) in [5.74, 6) is 0.162. The van der Waals surface area contributed by atoms with Crippen molar-refractivity contribution >= 4 is 22.9 Å². The van der Waals surface area contributed by atoms with Crippen molar-refractivity contribution in [2.24, 2.45) is 5.10 Å². The molecule has 0 fully saturated rings. The third-order valence-corrected chi connectivity index (χ3v) is 5.51. The number of carbonyl (C=O) groups is 1. The van der Waals surface area contributed by atoms with E-state index in [2.05, 4.69) is 15.6 Å². The van der Waals surface area contributed by atoms with Gasteiger partial charge in [0, 0.05) is 22.5 Å². The van der Waals surface area contributed by atoms with Crippen LogP contribution in [0.15, 0.2) is 58.4 Å². The maximum absolute atomic E-state index is 13.3. The summed E-state index contributed by atoms with van der Waals surface area (Å²) in [4.78, 5) is 25.6. The van der Waals surface area contributed by atoms with Crippen LogP contribution in [0.1, 0.15) is 17.0 Å². The van der Waals surface area contributed by atoms with Crippen LogP contribution in [0, 0.1) is 13.8 Å². The monoisotopic (exact) mass is 475 g/mol. The molecule has 0 bridgehead atoms. The van der Waals surface area contributed by atoms with Crippen LogP contribution in [0.2, 0.25) is 0 Å². The zero-order valence-corrected chi connectivity index (χ0v) is 19.8. The molecule has 0 atom stereocenters. The number of nitrogens with zero attached hydrogens (tertiary/aromatic N) is 4. The summed E-state index contributed by atoms with van der Waals surface area (Å²) in [6.45, 7) is 3.70. The van der Waals surface area contributed by atoms with Crippen LogP contribution in [-0.4, -0.2) is 45.8 Å². The summed E-state index contributed by atoms with van der Waals surface area (Å²) in [7, 11) is 2.99. The molecule has 0 aliphatic heterocycles. The third-order valence-electron chi connectivity index (χ3n) is 5.51. The van der Waals surface area contributed by atoms with Crippen LogP contribution in [-0.2, 0) is 11.3 Å². The van der Waals surface area contributed by atoms with Gasteiger partial charge in [0.1, 0.15) is 6.54 Å². The molecule has 0 saturated heterocycles. The maximum atomic E-state index is 13.3. The normalized spacial score (nSPS) is 11.2. The minimum absolute atomic E-state index is 0.00508. The number of hydrogen-bond donors (Lipinski definition) is 2. The second kappa shape index (κ2) is 9.72. The minimum Gasteiger partial charge on any atom is -0.494 e. The summed E-state index contributed by atoms with van der Waals surface area (Å²) in [6, 6.07) is 13.6. The number of ether oxygens (including phenoxy) is 2. The molecular formula is C25H25N5O5. The average molecular weight is 476 g/mol. The molecule has 2 heterocycles. The number of carbonyl (C=O) groups excluding carboxylic acids is 1. The molecule has 0 saturated carbocycles. The van der Waals surface area contributed by atoms with Gasteiger partial charge in [-0.1, -0.05) is 18.2 Å². The van der Waals surface area contributed by atoms with E-state index in [9.17, 15) is 14.7 Å². The molecule has 0 aliphatic rings. The molecule has 180 valence electrons. The molecule has 4 aromatic rings. The number of aryl methyl sites for hydroxylation is 2. The third kappa shape index (κ3) is 4.58. The van der Waals surface area contributed by atoms with Gasteiger partial charge in [0.2, 0.25) is 5.88 Å². The first-order chi connectivity index (χ1) is 16.8. The lowest BCUT2D eigenvalue weighted by atomic mass is 10.1. The highest BCUT2D eigenvalue weighted by Crippen LogP contribution is 2.32. The van der Waals surface area contributed by atoms with Crippen molar-refractivity contribution < 1.29 is 19.4 Å². The molecule has 35 heavy (non-hydrogen) atoms. The second-order valence-corrected chi connectivity index (χ2v) is 7.84. The summed E-state index contributed by atoms with van der Waals surface area (Å²) in [5.41, 5.74) is 4.34. The van der Waals surface area contributed by atoms with Gasteiger partial charge in [0.05, 0.1) is 37.4 Å². The SMILES string of the molecule is COc1ccc(-n2c(O)c(/C=N\NC(=O)Cn3nc(C)cc3C)c3ccccc3c2=O)cc1OC. The van der Waals surface area contributed by atoms with Gasteiger partial charge >= 0.3 is 0 Å². The highest BCUT2D eigenvalue weighted by atomic mass is 16.5. The first kappa shape index (κ1) is 23.6. The molecular weight excluding hydrogens is 450 g/mol. The number of hydrogen-bond acceptors (Lipinski definition) is 7. The number of aromatic nitrogens is 3. The van der Waals surface area contributed by atoms with E-state index in [4.69, 9.17) is 9.47 Å². The summed E-state index contributed by atoms with van der Waals surface area (Å²) in [6.07, 6.45) is 1.31. The highest BCUT2D eigenvalue weighted by molar-refractivity contribution is 6.02. The van der Waals surface area contributed by atoms with Crippen molar-refractivity contribution in [1.29, 1.82) is 0 Å². The van der Waals surface area contributed by atoms with Crippen molar-refractivity contribution in [2.75, 3.05) is 14.2 Å². The largest absolute Gasteiger partial charge is 0.494 e. The topological polar surface area (TPSA) is 120 Å². The Morgan fingerprint density at radius 2 is 1.80 bits per heavy atom. The van der Waals surface area contributed by atoms with E-state index in [0.29, 0.717) is 28.0 Å². The maximum Gasteiger partial charge on any atom is 0.265 e. The fourth-order valence-corrected chi connectivity index (χ4v) is 3.87. The number of benzene rings is 2. The number of nitrogens with one attached hydrogen (secondary N) is 1. The zero-order chi connectivity index (χ0) is 25.1. The van der Waals surface area contributed by atoms with Gasteiger partial charge in [-0.15, -0.1) is 0 Å². The fourth-order valence-electron chi connectivity index (χ4n) is 3.87. The molecule has 0 radical (unpaired) electrons. The predicted octanol–water partition coefficient (Wildman–Crippen LogP) is 2.68. The molecule has 0 spiro atoms. The van der Waals surface area contributed by atoms with Crippen LogP contribution in [0.4, 0.5) is 0 Å². The summed E-state index contributed by atoms with van der Waals surface area (Å²) in [5, 5.41) is 20.3. The Hall–Kier alpha value is -4.60. The van der Waals surface area contributed by atoms with E-state index in [1.165, 1.54) is 20.4 Å². The molecule has 2 aromatic heterocycles. The quantitative estimate of drug-likeness (QED) is 0.313. The second-order valence-electron chi connectivity index (χ2n) is 7.84. The smallest absolute Gasteiger partial charge is 0.265 e. The molecule has 1 amide bonds. The van der Waals surface area contributed by atoms with Crippen molar-refractivity contribution in [2.45, 2.75) is 20.4 Å². The molecule has 4 rings (SSSR count). The lowest BCUT2D eigenvalue weighted by Crippen LogP contribution is -2.24. The lowest BCUT2D eigenvalue weighted by Gasteiger charge is -2.15. The van der Waals surface area contributed by atoms with Gasteiger partial charge in [-0.3, -0.25) is 14.3 Å². The molecule has 2 N–H and O–H groups in total. The van der Waals surface area contributed by atoms with Crippen LogP contribution >= 0.6 is 0 Å². The van der Waals surface area contributed by atoms with Crippen LogP contribution < -0.4 is 20.5 Å². The number of pyridine rings is 1. The summed E-state index contributed by atoms with van der Waals surface area (Å²) < 4.78 is 13.3. The fraction of sp³-hybridized carbons (Fsp3) is 0.200. The predicted molar refractivity (Wildman–Crippen MR) is 132 cm³/mol. The number of methoxy groups -OCH3 is 2. The highest BCUT2D eigenvalue weighted by Gasteiger charge is 2.18. The Bertz CT molecular complexity index is 1500. The number of fused-ring (bicyclic) bond motifs is 1. The van der Waals surface area contributed by atoms with Crippen molar-refractivity contribution in [1.82, 2.24) is 19.8 Å². The van der Waals surface area contributed by atoms with E-state index in [0.717, 1.165) is 16.0 Å². The number of aromatic hydroxyl groups is 1. The van der Waals surface area contributed by atoms with E-state index >= 15 is 0 Å². The van der Waals surface area contributed by atoms with Gasteiger partial charge in [-0.2, -0.15) is 10.2 Å². The van der Waals surface area contributed by atoms with Crippen LogP contribution in [0.3, 0.4) is 0 Å². The Kier molecular flexibility index (Phi) is 6.54. The van der Waals surface area contributed by atoms with Crippen LogP contribution in [0.25, 0.3) is 16.5 Å². The first-order valence-electron chi connectivity index (χ1n) is 10.8. The molecule has 10 nitrogen and oxygen atoms in total. The molecule has 0 aliphatic carbocycles. The molecule has 2 aromatic carbocycles. The Morgan fingerprint density at radius 1 is 1.09 bits per heavy atom. The van der Waals surface area contributed by atoms with Crippen LogP contribution in [0.5, 0.6) is 17.4 Å². The Morgan fingerprint density at radius 3 is 2.46 bits per heavy atom. The van der Waals surface area contributed by atoms with E-state index in [1.54, 1.807) is 47.1 Å². The lowest BCUT2D eigenvalue weighted by molar-refractivity contribution is -0.121. The van der Waals surface area contributed by atoms with Crippen molar-refractivity contribution in [3.63, 3.8) is 0 Å². The van der Waals surface area contributed by atoms with Gasteiger partial charge in [-0.05, 0) is 38.1 Å². The summed E-state index contributed by atoms with van der Waals surface area (Å²) >= 11 is 0. The zero-order valence-electron chi connectivity index (χ0n) is 19.8. The van der Waals surface area contributed by atoms with Gasteiger partial charge in [-0.25, -0.2) is 9.99 Å². The first-order valence-corrected chi connectivity index (χ1v) is 10.8. The number of hydrazone groups is 1. The van der Waals surface area contributed by atoms with E-state index in [-0.39, 0.29) is 23.9 Å². The number of rotatable bonds is 7. The van der Waals surface area contributed by atoms with E-state index in [1.807, 2.05) is 19.9 Å². The number of amides is 1.